The highest BCUT2D eigenvalue weighted by molar-refractivity contribution is 7.89. The fourth-order valence-electron chi connectivity index (χ4n) is 4.36. The Morgan fingerprint density at radius 1 is 1.00 bits per heavy atom. The molecule has 0 aliphatic carbocycles. The largest absolute Gasteiger partial charge is 0.369 e. The van der Waals surface area contributed by atoms with Gasteiger partial charge in [0.05, 0.1) is 14.9 Å². The fourth-order valence-corrected chi connectivity index (χ4v) is 6.29. The van der Waals surface area contributed by atoms with Gasteiger partial charge in [-0.1, -0.05) is 65.7 Å². The number of anilines is 1. The van der Waals surface area contributed by atoms with Crippen LogP contribution in [0.15, 0.2) is 77.7 Å². The van der Waals surface area contributed by atoms with Crippen molar-refractivity contribution in [2.75, 3.05) is 45.2 Å². The van der Waals surface area contributed by atoms with Gasteiger partial charge in [-0.2, -0.15) is 4.31 Å². The summed E-state index contributed by atoms with van der Waals surface area (Å²) in [7, 11) is 0.364. The molecule has 40 heavy (non-hydrogen) atoms. The van der Waals surface area contributed by atoms with E-state index in [2.05, 4.69) is 15.5 Å². The molecule has 0 radical (unpaired) electrons. The summed E-state index contributed by atoms with van der Waals surface area (Å²) in [5, 5.41) is 2.67. The number of nitrogens with one attached hydrogen (secondary N) is 1. The van der Waals surface area contributed by atoms with E-state index >= 15 is 0 Å². The van der Waals surface area contributed by atoms with E-state index in [0.29, 0.717) is 34.6 Å². The number of imide groups is 1. The average molecular weight is 607 g/mol. The molecule has 214 valence electrons. The van der Waals surface area contributed by atoms with Gasteiger partial charge >= 0.3 is 6.03 Å². The Labute approximate surface area is 245 Å². The van der Waals surface area contributed by atoms with E-state index in [9.17, 15) is 18.0 Å². The second-order valence-electron chi connectivity index (χ2n) is 9.42. The lowest BCUT2D eigenvalue weighted by Gasteiger charge is -2.42. The highest BCUT2D eigenvalue weighted by Crippen LogP contribution is 2.31. The predicted molar refractivity (Wildman–Crippen MR) is 160 cm³/mol. The summed E-state index contributed by atoms with van der Waals surface area (Å²) >= 11 is 12.3. The molecule has 0 bridgehead atoms. The molecule has 1 atom stereocenters. The molecule has 1 unspecified atom stereocenters. The van der Waals surface area contributed by atoms with Crippen LogP contribution in [-0.2, 0) is 14.8 Å². The van der Waals surface area contributed by atoms with Crippen molar-refractivity contribution in [1.82, 2.24) is 14.5 Å². The number of hydrogen-bond donors (Lipinski definition) is 2. The maximum atomic E-state index is 13.7. The summed E-state index contributed by atoms with van der Waals surface area (Å²) in [4.78, 5) is 23.3. The third-order valence-electron chi connectivity index (χ3n) is 6.38. The van der Waals surface area contributed by atoms with Crippen LogP contribution in [0.25, 0.3) is 11.1 Å². The number of sulfonamides is 1. The van der Waals surface area contributed by atoms with Gasteiger partial charge in [0, 0.05) is 31.4 Å². The number of nitrogens with zero attached hydrogens (tertiary/aromatic N) is 3. The number of urea groups is 1. The Bertz CT molecular complexity index is 1390. The summed E-state index contributed by atoms with van der Waals surface area (Å²) in [6.07, 6.45) is 0.953. The molecule has 1 saturated heterocycles. The number of hydrogen-bond acceptors (Lipinski definition) is 6. The van der Waals surface area contributed by atoms with Gasteiger partial charge in [-0.15, -0.1) is 0 Å². The monoisotopic (exact) mass is 605 g/mol. The van der Waals surface area contributed by atoms with Crippen molar-refractivity contribution in [2.45, 2.75) is 17.4 Å². The van der Waals surface area contributed by atoms with Crippen molar-refractivity contribution in [3.8, 4) is 11.1 Å². The van der Waals surface area contributed by atoms with Crippen LogP contribution in [0.4, 0.5) is 10.5 Å². The number of carbonyl (C=O) groups excluding carboxylic acids is 2. The van der Waals surface area contributed by atoms with Crippen LogP contribution in [0.2, 0.25) is 10.0 Å². The molecular formula is C28H33Cl2N5O4S. The van der Waals surface area contributed by atoms with Crippen molar-refractivity contribution in [3.63, 3.8) is 0 Å². The van der Waals surface area contributed by atoms with Crippen LogP contribution in [0.1, 0.15) is 6.42 Å². The third kappa shape index (κ3) is 8.42. The topological polar surface area (TPSA) is 116 Å². The summed E-state index contributed by atoms with van der Waals surface area (Å²) in [5.41, 5.74) is 7.43. The molecular weight excluding hydrogens is 573 g/mol. The number of nitrogens with two attached hydrogens (primary N) is 1. The molecule has 9 nitrogen and oxygen atoms in total. The normalized spacial score (nSPS) is 15.7. The summed E-state index contributed by atoms with van der Waals surface area (Å²) in [6, 6.07) is 21.7. The molecule has 3 N–H and O–H groups in total. The first-order valence-electron chi connectivity index (χ1n) is 12.5. The molecule has 0 spiro atoms. The van der Waals surface area contributed by atoms with Gasteiger partial charge in [0.1, 0.15) is 0 Å². The van der Waals surface area contributed by atoms with E-state index in [1.165, 1.54) is 0 Å². The van der Waals surface area contributed by atoms with Gasteiger partial charge in [0.15, 0.2) is 0 Å². The lowest BCUT2D eigenvalue weighted by atomic mass is 10.1. The zero-order valence-corrected chi connectivity index (χ0v) is 24.7. The smallest absolute Gasteiger partial charge is 0.318 e. The maximum absolute atomic E-state index is 13.7. The van der Waals surface area contributed by atoms with E-state index in [4.69, 9.17) is 23.2 Å². The Hall–Kier alpha value is -3.15. The van der Waals surface area contributed by atoms with Crippen LogP contribution < -0.4 is 16.0 Å². The van der Waals surface area contributed by atoms with Gasteiger partial charge in [0.2, 0.25) is 16.4 Å². The molecule has 12 heteroatoms. The van der Waals surface area contributed by atoms with Gasteiger partial charge in [-0.05, 0) is 68.5 Å². The minimum absolute atomic E-state index is 0.163. The minimum atomic E-state index is -3.64. The lowest BCUT2D eigenvalue weighted by molar-refractivity contribution is -0.108. The number of primary amides is 1. The second-order valence-corrected chi connectivity index (χ2v) is 12.1. The number of carbonyl (C=O) groups is 2. The SMILES string of the molecule is CN(C)CCC1CN(c2ccc(Cl)c(Cl)c2)CCN1S(=O)(=O)c1ccc(-c2ccccc2)cc1.NC(=O)NC=O. The van der Waals surface area contributed by atoms with Gasteiger partial charge in [-0.25, -0.2) is 13.2 Å². The number of piperazine rings is 1. The zero-order chi connectivity index (χ0) is 29.3. The van der Waals surface area contributed by atoms with Crippen LogP contribution >= 0.6 is 23.2 Å². The molecule has 3 amide bonds. The Balaban J connectivity index is 0.000000663. The number of halogens is 2. The Morgan fingerprint density at radius 3 is 2.20 bits per heavy atom. The molecule has 1 fully saturated rings. The summed E-state index contributed by atoms with van der Waals surface area (Å²) in [5.74, 6) is 0. The standard InChI is InChI=1S/C26H29Cl2N3O2S.C2H4N2O2/c1-29(2)15-14-23-19-30(22-10-13-25(27)26(28)18-22)16-17-31(23)34(32,33)24-11-8-21(9-12-24)20-6-4-3-5-7-20;3-2(6)4-1-5/h3-13,18,23H,14-17,19H2,1-2H3;1H,(H3,3,4,5,6). The first-order chi connectivity index (χ1) is 19.0. The fraction of sp³-hybridized carbons (Fsp3) is 0.286. The summed E-state index contributed by atoms with van der Waals surface area (Å²) in [6.45, 7) is 2.37. The highest BCUT2D eigenvalue weighted by atomic mass is 35.5. The quantitative estimate of drug-likeness (QED) is 0.370. The van der Waals surface area contributed by atoms with Crippen molar-refractivity contribution in [1.29, 1.82) is 0 Å². The van der Waals surface area contributed by atoms with E-state index in [-0.39, 0.29) is 12.5 Å². The van der Waals surface area contributed by atoms with Gasteiger partial charge in [-0.3, -0.25) is 10.1 Å². The predicted octanol–water partition coefficient (Wildman–Crippen LogP) is 4.30. The first-order valence-corrected chi connectivity index (χ1v) is 14.7. The first kappa shape index (κ1) is 31.4. The lowest BCUT2D eigenvalue weighted by Crippen LogP contribution is -2.55. The average Bonchev–Trinajstić information content (AvgIpc) is 2.94. The van der Waals surface area contributed by atoms with E-state index < -0.39 is 16.1 Å². The third-order valence-corrected chi connectivity index (χ3v) is 9.08. The highest BCUT2D eigenvalue weighted by Gasteiger charge is 2.36. The molecule has 1 aliphatic rings. The Kier molecular flexibility index (Phi) is 11.4. The van der Waals surface area contributed by atoms with Crippen molar-refractivity contribution >= 4 is 51.4 Å². The van der Waals surface area contributed by atoms with E-state index in [1.54, 1.807) is 27.8 Å². The maximum Gasteiger partial charge on any atom is 0.318 e. The van der Waals surface area contributed by atoms with Crippen molar-refractivity contribution in [3.05, 3.63) is 82.8 Å². The molecule has 0 saturated carbocycles. The molecule has 4 rings (SSSR count). The van der Waals surface area contributed by atoms with E-state index in [0.717, 1.165) is 29.8 Å². The minimum Gasteiger partial charge on any atom is -0.369 e. The molecule has 1 heterocycles. The van der Waals surface area contributed by atoms with Crippen LogP contribution in [0.5, 0.6) is 0 Å². The molecule has 3 aromatic carbocycles. The van der Waals surface area contributed by atoms with Crippen molar-refractivity contribution < 1.29 is 18.0 Å². The van der Waals surface area contributed by atoms with Gasteiger partial charge < -0.3 is 15.5 Å². The number of amides is 3. The van der Waals surface area contributed by atoms with Crippen LogP contribution in [0, 0.1) is 0 Å². The zero-order valence-electron chi connectivity index (χ0n) is 22.3. The van der Waals surface area contributed by atoms with Gasteiger partial charge in [0.25, 0.3) is 0 Å². The number of rotatable bonds is 8. The number of benzene rings is 3. The van der Waals surface area contributed by atoms with Crippen LogP contribution in [-0.4, -0.2) is 76.4 Å². The second kappa shape index (κ2) is 14.5. The van der Waals surface area contributed by atoms with Crippen molar-refractivity contribution in [2.24, 2.45) is 5.73 Å². The summed E-state index contributed by atoms with van der Waals surface area (Å²) < 4.78 is 29.0. The molecule has 0 aromatic heterocycles. The van der Waals surface area contributed by atoms with E-state index in [1.807, 2.05) is 68.7 Å². The van der Waals surface area contributed by atoms with Crippen LogP contribution in [0.3, 0.4) is 0 Å². The Morgan fingerprint density at radius 2 is 1.65 bits per heavy atom. The molecule has 3 aromatic rings. The molecule has 1 aliphatic heterocycles.